The van der Waals surface area contributed by atoms with Crippen molar-refractivity contribution in [2.45, 2.75) is 46.7 Å². The zero-order valence-electron chi connectivity index (χ0n) is 15.7. The maximum absolute atomic E-state index is 5.73. The highest BCUT2D eigenvalue weighted by Crippen LogP contribution is 2.20. The van der Waals surface area contributed by atoms with Gasteiger partial charge in [0.25, 0.3) is 0 Å². The molecule has 5 nitrogen and oxygen atoms in total. The Balaban J connectivity index is 1.92. The average molecular weight is 361 g/mol. The molecular weight excluding hydrogens is 332 g/mol. The number of guanidine groups is 1. The van der Waals surface area contributed by atoms with E-state index < -0.39 is 0 Å². The van der Waals surface area contributed by atoms with Gasteiger partial charge in [-0.25, -0.2) is 4.98 Å². The van der Waals surface area contributed by atoms with Crippen LogP contribution in [0.5, 0.6) is 5.75 Å². The van der Waals surface area contributed by atoms with E-state index in [1.54, 1.807) is 18.4 Å². The summed E-state index contributed by atoms with van der Waals surface area (Å²) in [6.45, 7) is 10.4. The lowest BCUT2D eigenvalue weighted by molar-refractivity contribution is 0.336. The third-order valence-electron chi connectivity index (χ3n) is 3.69. The summed E-state index contributed by atoms with van der Waals surface area (Å²) < 4.78 is 5.73. The molecule has 1 aromatic heterocycles. The van der Waals surface area contributed by atoms with E-state index in [2.05, 4.69) is 65.0 Å². The Hall–Kier alpha value is -2.08. The van der Waals surface area contributed by atoms with Crippen LogP contribution < -0.4 is 15.4 Å². The second-order valence-electron chi connectivity index (χ2n) is 6.16. The Bertz CT molecular complexity index is 709. The van der Waals surface area contributed by atoms with Crippen molar-refractivity contribution in [2.75, 3.05) is 13.7 Å². The Morgan fingerprint density at radius 2 is 2.04 bits per heavy atom. The second kappa shape index (κ2) is 9.42. The minimum absolute atomic E-state index is 0.467. The van der Waals surface area contributed by atoms with Gasteiger partial charge in [-0.1, -0.05) is 26.0 Å². The van der Waals surface area contributed by atoms with E-state index >= 15 is 0 Å². The summed E-state index contributed by atoms with van der Waals surface area (Å²) in [5, 5.41) is 9.92. The molecule has 0 aliphatic carbocycles. The van der Waals surface area contributed by atoms with Crippen LogP contribution in [0, 0.1) is 6.92 Å². The monoisotopic (exact) mass is 360 g/mol. The highest BCUT2D eigenvalue weighted by molar-refractivity contribution is 7.09. The number of hydrogen-bond donors (Lipinski definition) is 2. The minimum Gasteiger partial charge on any atom is -0.494 e. The van der Waals surface area contributed by atoms with Crippen molar-refractivity contribution in [3.8, 4) is 5.75 Å². The third-order valence-corrected chi connectivity index (χ3v) is 4.89. The average Bonchev–Trinajstić information content (AvgIpc) is 3.06. The van der Waals surface area contributed by atoms with E-state index in [-0.39, 0.29) is 0 Å². The molecule has 6 heteroatoms. The topological polar surface area (TPSA) is 58.5 Å². The smallest absolute Gasteiger partial charge is 0.191 e. The van der Waals surface area contributed by atoms with Crippen LogP contribution >= 0.6 is 11.3 Å². The molecule has 0 amide bonds. The molecule has 0 radical (unpaired) electrons. The Morgan fingerprint density at radius 1 is 1.28 bits per heavy atom. The van der Waals surface area contributed by atoms with Gasteiger partial charge >= 0.3 is 0 Å². The van der Waals surface area contributed by atoms with Gasteiger partial charge in [0.1, 0.15) is 5.75 Å². The van der Waals surface area contributed by atoms with Crippen LogP contribution in [0.15, 0.2) is 28.6 Å². The summed E-state index contributed by atoms with van der Waals surface area (Å²) >= 11 is 1.71. The van der Waals surface area contributed by atoms with Crippen LogP contribution in [0.25, 0.3) is 0 Å². The molecule has 0 bridgehead atoms. The van der Waals surface area contributed by atoms with Crippen LogP contribution in [-0.2, 0) is 13.1 Å². The van der Waals surface area contributed by atoms with E-state index in [1.807, 2.05) is 6.92 Å². The molecule has 25 heavy (non-hydrogen) atoms. The van der Waals surface area contributed by atoms with E-state index in [0.717, 1.165) is 23.0 Å². The van der Waals surface area contributed by atoms with Gasteiger partial charge in [-0.3, -0.25) is 4.99 Å². The predicted octanol–water partition coefficient (Wildman–Crippen LogP) is 3.84. The number of benzene rings is 1. The van der Waals surface area contributed by atoms with Gasteiger partial charge in [-0.05, 0) is 25.5 Å². The molecule has 2 aromatic rings. The number of nitrogens with one attached hydrogen (secondary N) is 2. The lowest BCUT2D eigenvalue weighted by Gasteiger charge is -2.14. The standard InChI is InChI=1S/C19H28N4OS/c1-6-24-17-9-14(4)7-8-15(17)10-21-19(20-5)22-11-16-12-25-18(23-16)13(2)3/h7-9,12-13H,6,10-11H2,1-5H3,(H2,20,21,22). The predicted molar refractivity (Wildman–Crippen MR) is 106 cm³/mol. The molecule has 0 spiro atoms. The maximum Gasteiger partial charge on any atom is 0.191 e. The number of hydrogen-bond acceptors (Lipinski definition) is 4. The molecule has 0 fully saturated rings. The minimum atomic E-state index is 0.467. The summed E-state index contributed by atoms with van der Waals surface area (Å²) in [6, 6.07) is 6.26. The summed E-state index contributed by atoms with van der Waals surface area (Å²) in [7, 11) is 1.77. The normalized spacial score (nSPS) is 11.7. The number of aliphatic imine (C=N–C) groups is 1. The quantitative estimate of drug-likeness (QED) is 0.582. The van der Waals surface area contributed by atoms with Gasteiger partial charge in [0, 0.05) is 30.5 Å². The first-order valence-electron chi connectivity index (χ1n) is 8.64. The van der Waals surface area contributed by atoms with Crippen molar-refractivity contribution in [1.29, 1.82) is 0 Å². The fourth-order valence-electron chi connectivity index (χ4n) is 2.34. The van der Waals surface area contributed by atoms with Crippen LogP contribution in [0.4, 0.5) is 0 Å². The molecule has 0 unspecified atom stereocenters. The summed E-state index contributed by atoms with van der Waals surface area (Å²) in [5.41, 5.74) is 3.35. The summed E-state index contributed by atoms with van der Waals surface area (Å²) in [5.74, 6) is 2.14. The first kappa shape index (κ1) is 19.2. The van der Waals surface area contributed by atoms with E-state index in [9.17, 15) is 0 Å². The fourth-order valence-corrected chi connectivity index (χ4v) is 3.18. The van der Waals surface area contributed by atoms with Crippen molar-refractivity contribution in [2.24, 2.45) is 4.99 Å². The zero-order chi connectivity index (χ0) is 18.2. The van der Waals surface area contributed by atoms with Crippen LogP contribution in [0.1, 0.15) is 48.5 Å². The van der Waals surface area contributed by atoms with Crippen molar-refractivity contribution >= 4 is 17.3 Å². The number of nitrogens with zero attached hydrogens (tertiary/aromatic N) is 2. The lowest BCUT2D eigenvalue weighted by Crippen LogP contribution is -2.36. The highest BCUT2D eigenvalue weighted by Gasteiger charge is 2.08. The van der Waals surface area contributed by atoms with E-state index in [0.29, 0.717) is 25.6 Å². The van der Waals surface area contributed by atoms with Crippen molar-refractivity contribution in [3.05, 3.63) is 45.4 Å². The van der Waals surface area contributed by atoms with Gasteiger partial charge in [-0.15, -0.1) is 11.3 Å². The highest BCUT2D eigenvalue weighted by atomic mass is 32.1. The number of thiazole rings is 1. The van der Waals surface area contributed by atoms with Gasteiger partial charge in [0.05, 0.1) is 23.9 Å². The first-order valence-corrected chi connectivity index (χ1v) is 9.52. The molecule has 2 rings (SSSR count). The second-order valence-corrected chi connectivity index (χ2v) is 7.04. The third kappa shape index (κ3) is 5.74. The van der Waals surface area contributed by atoms with Crippen LogP contribution in [0.2, 0.25) is 0 Å². The number of ether oxygens (including phenoxy) is 1. The lowest BCUT2D eigenvalue weighted by atomic mass is 10.1. The molecule has 0 atom stereocenters. The molecule has 2 N–H and O–H groups in total. The molecule has 0 saturated heterocycles. The molecule has 1 heterocycles. The van der Waals surface area contributed by atoms with Gasteiger partial charge in [-0.2, -0.15) is 0 Å². The van der Waals surface area contributed by atoms with Crippen molar-refractivity contribution in [3.63, 3.8) is 0 Å². The van der Waals surface area contributed by atoms with Gasteiger partial charge in [0.2, 0.25) is 0 Å². The van der Waals surface area contributed by atoms with Gasteiger partial charge in [0.15, 0.2) is 5.96 Å². The summed E-state index contributed by atoms with van der Waals surface area (Å²) in [4.78, 5) is 8.92. The number of aromatic nitrogens is 1. The van der Waals surface area contributed by atoms with Crippen molar-refractivity contribution < 1.29 is 4.74 Å². The van der Waals surface area contributed by atoms with Crippen LogP contribution in [0.3, 0.4) is 0 Å². The molecule has 136 valence electrons. The Morgan fingerprint density at radius 3 is 2.68 bits per heavy atom. The van der Waals surface area contributed by atoms with Crippen LogP contribution in [-0.4, -0.2) is 24.6 Å². The Labute approximate surface area is 154 Å². The van der Waals surface area contributed by atoms with Crippen molar-refractivity contribution in [1.82, 2.24) is 15.6 Å². The molecular formula is C19H28N4OS. The molecule has 1 aromatic carbocycles. The van der Waals surface area contributed by atoms with Gasteiger partial charge < -0.3 is 15.4 Å². The molecule has 0 saturated carbocycles. The zero-order valence-corrected chi connectivity index (χ0v) is 16.5. The molecule has 0 aliphatic rings. The largest absolute Gasteiger partial charge is 0.494 e. The SMILES string of the molecule is CCOc1cc(C)ccc1CNC(=NC)NCc1csc(C(C)C)n1. The maximum atomic E-state index is 5.73. The Kier molecular flexibility index (Phi) is 7.25. The number of aryl methyl sites for hydroxylation is 1. The first-order chi connectivity index (χ1) is 12.0. The summed E-state index contributed by atoms with van der Waals surface area (Å²) in [6.07, 6.45) is 0. The number of rotatable bonds is 7. The fraction of sp³-hybridized carbons (Fsp3) is 0.474. The van der Waals surface area contributed by atoms with E-state index in [1.165, 1.54) is 10.6 Å². The molecule has 0 aliphatic heterocycles. The van der Waals surface area contributed by atoms with E-state index in [4.69, 9.17) is 4.74 Å².